The lowest BCUT2D eigenvalue weighted by molar-refractivity contribution is -0.130. The van der Waals surface area contributed by atoms with Crippen LogP contribution in [0.4, 0.5) is 10.1 Å². The van der Waals surface area contributed by atoms with Crippen molar-refractivity contribution in [1.29, 1.82) is 0 Å². The Morgan fingerprint density at radius 3 is 2.05 bits per heavy atom. The number of methoxy groups -OCH3 is 2. The van der Waals surface area contributed by atoms with Gasteiger partial charge in [0.1, 0.15) is 12.4 Å². The molecule has 1 saturated heterocycles. The summed E-state index contributed by atoms with van der Waals surface area (Å²) in [6.45, 7) is 1.32. The average molecular weight is 592 g/mol. The number of nitrogens with zero attached hydrogens (tertiary/aromatic N) is 3. The smallest absolute Gasteiger partial charge is 0.265 e. The van der Waals surface area contributed by atoms with E-state index in [2.05, 4.69) is 0 Å². The molecule has 40 heavy (non-hydrogen) atoms. The van der Waals surface area contributed by atoms with Crippen molar-refractivity contribution >= 4 is 31.6 Å². The van der Waals surface area contributed by atoms with Crippen LogP contribution < -0.4 is 13.8 Å². The van der Waals surface area contributed by atoms with Gasteiger partial charge in [-0.3, -0.25) is 9.10 Å². The Kier molecular flexibility index (Phi) is 8.66. The minimum Gasteiger partial charge on any atom is -0.493 e. The highest BCUT2D eigenvalue weighted by atomic mass is 32.2. The number of hydrogen-bond donors (Lipinski definition) is 0. The van der Waals surface area contributed by atoms with Crippen LogP contribution in [0.15, 0.2) is 76.5 Å². The van der Waals surface area contributed by atoms with Crippen molar-refractivity contribution in [3.05, 3.63) is 78.1 Å². The number of anilines is 1. The number of amides is 1. The number of aryl methyl sites for hydroxylation is 1. The fraction of sp³-hybridized carbons (Fsp3) is 0.296. The molecule has 0 N–H and O–H groups in total. The molecule has 0 bridgehead atoms. The molecule has 1 aliphatic heterocycles. The first kappa shape index (κ1) is 29.3. The third-order valence-electron chi connectivity index (χ3n) is 6.59. The minimum atomic E-state index is -4.44. The molecular formula is C27H30FN3O7S2. The summed E-state index contributed by atoms with van der Waals surface area (Å²) in [4.78, 5) is 14.6. The summed E-state index contributed by atoms with van der Waals surface area (Å²) >= 11 is 0. The number of ether oxygens (including phenoxy) is 2. The van der Waals surface area contributed by atoms with E-state index in [0.717, 1.165) is 11.6 Å². The summed E-state index contributed by atoms with van der Waals surface area (Å²) in [6.07, 6.45) is 0. The van der Waals surface area contributed by atoms with Crippen LogP contribution in [-0.4, -0.2) is 78.9 Å². The fourth-order valence-corrected chi connectivity index (χ4v) is 7.18. The van der Waals surface area contributed by atoms with E-state index in [1.54, 1.807) is 12.1 Å². The number of carbonyl (C=O) groups is 1. The van der Waals surface area contributed by atoms with Gasteiger partial charge < -0.3 is 14.4 Å². The van der Waals surface area contributed by atoms with Gasteiger partial charge in [-0.2, -0.15) is 4.31 Å². The number of sulfonamides is 2. The number of hydrogen-bond acceptors (Lipinski definition) is 7. The standard InChI is InChI=1S/C27H30FN3O7S2/c1-20-8-10-21(11-9-20)39(33,34)30-16-14-29(15-17-30)27(32)19-31(24-7-5-4-6-23(24)28)40(35,36)22-12-13-25(37-2)26(18-22)38-3/h4-13,18H,14-17,19H2,1-3H3. The minimum absolute atomic E-state index is 0.0318. The van der Waals surface area contributed by atoms with E-state index in [1.165, 1.54) is 72.0 Å². The van der Waals surface area contributed by atoms with E-state index in [0.29, 0.717) is 10.1 Å². The predicted molar refractivity (Wildman–Crippen MR) is 147 cm³/mol. The molecule has 0 aromatic heterocycles. The van der Waals surface area contributed by atoms with Crippen LogP contribution >= 0.6 is 0 Å². The summed E-state index contributed by atoms with van der Waals surface area (Å²) < 4.78 is 80.8. The molecule has 3 aromatic carbocycles. The van der Waals surface area contributed by atoms with Crippen LogP contribution in [-0.2, 0) is 24.8 Å². The summed E-state index contributed by atoms with van der Waals surface area (Å²) in [5.74, 6) is -0.976. The van der Waals surface area contributed by atoms with Crippen LogP contribution in [0.2, 0.25) is 0 Å². The third-order valence-corrected chi connectivity index (χ3v) is 10.3. The lowest BCUT2D eigenvalue weighted by atomic mass is 10.2. The first-order chi connectivity index (χ1) is 19.0. The Labute approximate surface area is 233 Å². The maximum Gasteiger partial charge on any atom is 0.265 e. The van der Waals surface area contributed by atoms with Gasteiger partial charge in [-0.15, -0.1) is 0 Å². The molecule has 0 aliphatic carbocycles. The topological polar surface area (TPSA) is 114 Å². The molecule has 1 aliphatic rings. The molecule has 0 unspecified atom stereocenters. The van der Waals surface area contributed by atoms with Gasteiger partial charge in [0.2, 0.25) is 15.9 Å². The van der Waals surface area contributed by atoms with Gasteiger partial charge in [-0.1, -0.05) is 29.8 Å². The third kappa shape index (κ3) is 5.91. The van der Waals surface area contributed by atoms with Crippen molar-refractivity contribution in [1.82, 2.24) is 9.21 Å². The van der Waals surface area contributed by atoms with Gasteiger partial charge >= 0.3 is 0 Å². The second kappa shape index (κ2) is 11.8. The molecule has 1 heterocycles. The van der Waals surface area contributed by atoms with E-state index < -0.39 is 38.3 Å². The van der Waals surface area contributed by atoms with Crippen molar-refractivity contribution in [3.8, 4) is 11.5 Å². The molecule has 0 spiro atoms. The Morgan fingerprint density at radius 1 is 0.850 bits per heavy atom. The number of halogens is 1. The quantitative estimate of drug-likeness (QED) is 0.376. The summed E-state index contributed by atoms with van der Waals surface area (Å²) in [7, 11) is -5.43. The van der Waals surface area contributed by atoms with Crippen molar-refractivity contribution < 1.29 is 35.5 Å². The van der Waals surface area contributed by atoms with Gasteiger partial charge in [0.05, 0.1) is 29.7 Å². The fourth-order valence-electron chi connectivity index (χ4n) is 4.32. The Balaban J connectivity index is 1.57. The van der Waals surface area contributed by atoms with Gasteiger partial charge in [0, 0.05) is 32.2 Å². The van der Waals surface area contributed by atoms with Crippen LogP contribution in [0.3, 0.4) is 0 Å². The highest BCUT2D eigenvalue weighted by Crippen LogP contribution is 2.33. The van der Waals surface area contributed by atoms with Crippen LogP contribution in [0.5, 0.6) is 11.5 Å². The van der Waals surface area contributed by atoms with Crippen LogP contribution in [0.25, 0.3) is 0 Å². The molecule has 0 atom stereocenters. The lowest BCUT2D eigenvalue weighted by Crippen LogP contribution is -2.53. The molecule has 3 aromatic rings. The van der Waals surface area contributed by atoms with Crippen molar-refractivity contribution in [3.63, 3.8) is 0 Å². The van der Waals surface area contributed by atoms with Gasteiger partial charge in [-0.05, 0) is 43.3 Å². The second-order valence-corrected chi connectivity index (χ2v) is 12.9. The Bertz CT molecular complexity index is 1590. The van der Waals surface area contributed by atoms with E-state index in [4.69, 9.17) is 9.47 Å². The van der Waals surface area contributed by atoms with Gasteiger partial charge in [0.15, 0.2) is 11.5 Å². The molecule has 13 heteroatoms. The number of piperazine rings is 1. The highest BCUT2D eigenvalue weighted by molar-refractivity contribution is 7.92. The molecule has 0 saturated carbocycles. The molecule has 0 radical (unpaired) electrons. The summed E-state index contributed by atoms with van der Waals surface area (Å²) in [6, 6.07) is 15.7. The van der Waals surface area contributed by atoms with Crippen molar-refractivity contribution in [2.24, 2.45) is 0 Å². The maximum atomic E-state index is 14.9. The zero-order valence-corrected chi connectivity index (χ0v) is 23.9. The Hall–Kier alpha value is -3.68. The zero-order valence-electron chi connectivity index (χ0n) is 22.3. The Morgan fingerprint density at radius 2 is 1.45 bits per heavy atom. The highest BCUT2D eigenvalue weighted by Gasteiger charge is 2.34. The predicted octanol–water partition coefficient (Wildman–Crippen LogP) is 2.88. The van der Waals surface area contributed by atoms with E-state index >= 15 is 0 Å². The van der Waals surface area contributed by atoms with E-state index in [-0.39, 0.29) is 47.4 Å². The number of carbonyl (C=O) groups excluding carboxylic acids is 1. The zero-order chi connectivity index (χ0) is 29.1. The monoisotopic (exact) mass is 591 g/mol. The number of rotatable bonds is 9. The van der Waals surface area contributed by atoms with E-state index in [1.807, 2.05) is 6.92 Å². The molecular weight excluding hydrogens is 561 g/mol. The molecule has 10 nitrogen and oxygen atoms in total. The molecule has 214 valence electrons. The van der Waals surface area contributed by atoms with E-state index in [9.17, 15) is 26.0 Å². The lowest BCUT2D eigenvalue weighted by Gasteiger charge is -2.35. The van der Waals surface area contributed by atoms with Crippen molar-refractivity contribution in [2.75, 3.05) is 51.2 Å². The first-order valence-electron chi connectivity index (χ1n) is 12.3. The normalized spacial score (nSPS) is 14.6. The number of benzene rings is 3. The number of para-hydroxylation sites is 1. The first-order valence-corrected chi connectivity index (χ1v) is 15.2. The molecule has 1 fully saturated rings. The van der Waals surface area contributed by atoms with Gasteiger partial charge in [-0.25, -0.2) is 21.2 Å². The maximum absolute atomic E-state index is 14.9. The largest absolute Gasteiger partial charge is 0.493 e. The average Bonchev–Trinajstić information content (AvgIpc) is 2.96. The second-order valence-electron chi connectivity index (χ2n) is 9.08. The van der Waals surface area contributed by atoms with Crippen LogP contribution in [0.1, 0.15) is 5.56 Å². The molecule has 4 rings (SSSR count). The van der Waals surface area contributed by atoms with Gasteiger partial charge in [0.25, 0.3) is 10.0 Å². The van der Waals surface area contributed by atoms with Crippen molar-refractivity contribution in [2.45, 2.75) is 16.7 Å². The summed E-state index contributed by atoms with van der Waals surface area (Å²) in [5.41, 5.74) is 0.628. The summed E-state index contributed by atoms with van der Waals surface area (Å²) in [5, 5.41) is 0. The SMILES string of the molecule is COc1ccc(S(=O)(=O)N(CC(=O)N2CCN(S(=O)(=O)c3ccc(C)cc3)CC2)c2ccccc2F)cc1OC. The van der Waals surface area contributed by atoms with Crippen LogP contribution in [0, 0.1) is 12.7 Å². The molecule has 1 amide bonds.